The fourth-order valence-corrected chi connectivity index (χ4v) is 7.25. The summed E-state index contributed by atoms with van der Waals surface area (Å²) >= 11 is 6.74. The first-order valence-corrected chi connectivity index (χ1v) is 12.5. The number of halogens is 1. The SMILES string of the molecule is C=C1[C@@H](OC(C)=O)/C=C\C2C3C(=O)[C@@](C)(OC(C)=O)[C@H]([C@H](OC(C)=O)C4(O)[C@@H](C)C(=O)O[C@H]4[C@H]1Cl)[C@@]23C. The van der Waals surface area contributed by atoms with Crippen molar-refractivity contribution in [1.29, 1.82) is 0 Å². The standard InChI is InChI=1S/C26H31ClO10/c1-10-16(34-12(3)28)9-8-15-17-20(31)25(7,37-14(5)30)19(24(15,17)6)22(35-13(4)29)26(33)11(2)23(32)36-21(26)18(10)27/h8-9,11,15-19,21-22,33H,1H2,2-7H3/b9-8-/t11-,15?,16-,17?,18-,19+,21-,22-,24-,25-,26?/m0/s1. The monoisotopic (exact) mass is 538 g/mol. The Labute approximate surface area is 219 Å². The summed E-state index contributed by atoms with van der Waals surface area (Å²) in [6.45, 7) is 12.0. The number of carbonyl (C=O) groups is 5. The van der Waals surface area contributed by atoms with E-state index in [0.717, 1.165) is 13.8 Å². The van der Waals surface area contributed by atoms with Crippen LogP contribution in [0.2, 0.25) is 0 Å². The Kier molecular flexibility index (Phi) is 6.39. The number of hydrogen-bond acceptors (Lipinski definition) is 10. The van der Waals surface area contributed by atoms with Crippen LogP contribution in [0.4, 0.5) is 0 Å². The summed E-state index contributed by atoms with van der Waals surface area (Å²) in [6.07, 6.45) is -0.849. The number of aliphatic hydroxyl groups is 1. The van der Waals surface area contributed by atoms with Gasteiger partial charge < -0.3 is 24.1 Å². The van der Waals surface area contributed by atoms with E-state index in [2.05, 4.69) is 6.58 Å². The second-order valence-corrected chi connectivity index (χ2v) is 11.3. The van der Waals surface area contributed by atoms with Gasteiger partial charge in [-0.05, 0) is 36.8 Å². The van der Waals surface area contributed by atoms with E-state index >= 15 is 0 Å². The van der Waals surface area contributed by atoms with E-state index < -0.39 is 93.6 Å². The maximum atomic E-state index is 13.8. The first-order chi connectivity index (χ1) is 17.0. The Morgan fingerprint density at radius 2 is 1.65 bits per heavy atom. The van der Waals surface area contributed by atoms with Gasteiger partial charge in [-0.3, -0.25) is 24.0 Å². The van der Waals surface area contributed by atoms with Gasteiger partial charge in [0.05, 0.1) is 17.2 Å². The predicted molar refractivity (Wildman–Crippen MR) is 127 cm³/mol. The van der Waals surface area contributed by atoms with E-state index in [-0.39, 0.29) is 5.57 Å². The molecule has 1 saturated heterocycles. The van der Waals surface area contributed by atoms with E-state index in [1.54, 1.807) is 19.1 Å². The molecule has 0 radical (unpaired) electrons. The normalized spacial score (nSPS) is 47.1. The van der Waals surface area contributed by atoms with Crippen LogP contribution in [-0.2, 0) is 42.9 Å². The Hall–Kier alpha value is -2.72. The van der Waals surface area contributed by atoms with Gasteiger partial charge in [0.1, 0.15) is 12.2 Å². The molecule has 202 valence electrons. The van der Waals surface area contributed by atoms with Crippen molar-refractivity contribution in [3.8, 4) is 0 Å². The van der Waals surface area contributed by atoms with Crippen molar-refractivity contribution in [2.24, 2.45) is 29.1 Å². The summed E-state index contributed by atoms with van der Waals surface area (Å²) in [5.41, 5.74) is -4.90. The van der Waals surface area contributed by atoms with Gasteiger partial charge >= 0.3 is 23.9 Å². The van der Waals surface area contributed by atoms with Gasteiger partial charge in [-0.1, -0.05) is 19.6 Å². The molecule has 3 unspecified atom stereocenters. The fourth-order valence-electron chi connectivity index (χ4n) is 6.87. The number of ketones is 1. The van der Waals surface area contributed by atoms with Gasteiger partial charge in [0.25, 0.3) is 0 Å². The molecule has 1 N–H and O–H groups in total. The topological polar surface area (TPSA) is 143 Å². The van der Waals surface area contributed by atoms with Crippen molar-refractivity contribution in [2.75, 3.05) is 0 Å². The largest absolute Gasteiger partial charge is 0.459 e. The Balaban J connectivity index is 2.00. The summed E-state index contributed by atoms with van der Waals surface area (Å²) in [4.78, 5) is 63.0. The number of Topliss-reactive ketones (excluding diaryl/α,β-unsaturated/α-hetero) is 1. The second kappa shape index (κ2) is 8.66. The van der Waals surface area contributed by atoms with Crippen LogP contribution in [0.15, 0.2) is 24.3 Å². The van der Waals surface area contributed by atoms with E-state index in [0.29, 0.717) is 0 Å². The van der Waals surface area contributed by atoms with E-state index in [4.69, 9.17) is 30.5 Å². The zero-order chi connectivity index (χ0) is 27.8. The number of alkyl halides is 1. The average molecular weight is 539 g/mol. The number of esters is 4. The molecule has 0 aromatic rings. The van der Waals surface area contributed by atoms with Crippen molar-refractivity contribution in [3.05, 3.63) is 24.3 Å². The third-order valence-electron chi connectivity index (χ3n) is 8.60. The van der Waals surface area contributed by atoms with Crippen LogP contribution < -0.4 is 0 Å². The smallest absolute Gasteiger partial charge is 0.312 e. The molecule has 0 amide bonds. The van der Waals surface area contributed by atoms with Crippen LogP contribution in [0.5, 0.6) is 0 Å². The van der Waals surface area contributed by atoms with Gasteiger partial charge in [0.2, 0.25) is 0 Å². The lowest BCUT2D eigenvalue weighted by atomic mass is 9.66. The van der Waals surface area contributed by atoms with Crippen LogP contribution >= 0.6 is 11.6 Å². The van der Waals surface area contributed by atoms with Crippen molar-refractivity contribution in [3.63, 3.8) is 0 Å². The zero-order valence-electron chi connectivity index (χ0n) is 21.5. The third kappa shape index (κ3) is 3.74. The minimum absolute atomic E-state index is 0.116. The molecule has 3 fully saturated rings. The molecule has 10 nitrogen and oxygen atoms in total. The number of rotatable bonds is 3. The van der Waals surface area contributed by atoms with Crippen LogP contribution in [0.3, 0.4) is 0 Å². The number of carbonyl (C=O) groups excluding carboxylic acids is 5. The molecular formula is C26H31ClO10. The lowest BCUT2D eigenvalue weighted by Gasteiger charge is -2.47. The number of ether oxygens (including phenoxy) is 4. The highest BCUT2D eigenvalue weighted by Crippen LogP contribution is 2.75. The van der Waals surface area contributed by atoms with Crippen molar-refractivity contribution < 1.29 is 48.0 Å². The summed E-state index contributed by atoms with van der Waals surface area (Å²) < 4.78 is 22.3. The van der Waals surface area contributed by atoms with Crippen LogP contribution in [0.25, 0.3) is 0 Å². The molecule has 11 atom stereocenters. The molecule has 0 aromatic heterocycles. The second-order valence-electron chi connectivity index (χ2n) is 10.8. The maximum absolute atomic E-state index is 13.8. The van der Waals surface area contributed by atoms with Crippen molar-refractivity contribution in [2.45, 2.75) is 76.4 Å². The highest BCUT2D eigenvalue weighted by Gasteiger charge is 2.84. The average Bonchev–Trinajstić information content (AvgIpc) is 3.23. The zero-order valence-corrected chi connectivity index (χ0v) is 22.2. The van der Waals surface area contributed by atoms with E-state index in [1.807, 2.05) is 0 Å². The molecule has 11 heteroatoms. The summed E-state index contributed by atoms with van der Waals surface area (Å²) in [6, 6.07) is 0. The molecule has 4 aliphatic rings. The molecule has 0 spiro atoms. The molecule has 4 rings (SSSR count). The highest BCUT2D eigenvalue weighted by molar-refractivity contribution is 6.23. The predicted octanol–water partition coefficient (Wildman–Crippen LogP) is 1.65. The molecule has 2 saturated carbocycles. The highest BCUT2D eigenvalue weighted by atomic mass is 35.5. The van der Waals surface area contributed by atoms with Gasteiger partial charge in [-0.15, -0.1) is 11.6 Å². The molecule has 0 bridgehead atoms. The van der Waals surface area contributed by atoms with Crippen LogP contribution in [-0.4, -0.2) is 69.7 Å². The molecule has 3 aliphatic carbocycles. The number of hydrogen-bond donors (Lipinski definition) is 1. The van der Waals surface area contributed by atoms with Crippen molar-refractivity contribution in [1.82, 2.24) is 0 Å². The third-order valence-corrected chi connectivity index (χ3v) is 9.11. The van der Waals surface area contributed by atoms with Crippen LogP contribution in [0, 0.1) is 29.1 Å². The Morgan fingerprint density at radius 1 is 1.05 bits per heavy atom. The fraction of sp³-hybridized carbons (Fsp3) is 0.654. The molecule has 0 aromatic carbocycles. The number of fused-ring (bicyclic) bond motifs is 2. The first-order valence-electron chi connectivity index (χ1n) is 12.0. The first kappa shape index (κ1) is 27.3. The Morgan fingerprint density at radius 3 is 2.19 bits per heavy atom. The minimum atomic E-state index is -2.26. The maximum Gasteiger partial charge on any atom is 0.312 e. The van der Waals surface area contributed by atoms with Gasteiger partial charge in [-0.2, -0.15) is 0 Å². The molecule has 1 aliphatic heterocycles. The van der Waals surface area contributed by atoms with Gasteiger partial charge in [0.15, 0.2) is 23.1 Å². The van der Waals surface area contributed by atoms with E-state index in [9.17, 15) is 29.1 Å². The Bertz CT molecular complexity index is 1130. The lowest BCUT2D eigenvalue weighted by molar-refractivity contribution is -0.214. The summed E-state index contributed by atoms with van der Waals surface area (Å²) in [7, 11) is 0. The van der Waals surface area contributed by atoms with E-state index in [1.165, 1.54) is 20.8 Å². The van der Waals surface area contributed by atoms with Crippen LogP contribution in [0.1, 0.15) is 41.5 Å². The molecule has 37 heavy (non-hydrogen) atoms. The number of allylic oxidation sites excluding steroid dienone is 1. The quantitative estimate of drug-likeness (QED) is 0.244. The lowest BCUT2D eigenvalue weighted by Crippen LogP contribution is -2.65. The van der Waals surface area contributed by atoms with Gasteiger partial charge in [-0.25, -0.2) is 0 Å². The molecule has 1 heterocycles. The molecular weight excluding hydrogens is 508 g/mol. The summed E-state index contributed by atoms with van der Waals surface area (Å²) in [5, 5.41) is 11.0. The van der Waals surface area contributed by atoms with Gasteiger partial charge in [0, 0.05) is 26.7 Å². The van der Waals surface area contributed by atoms with Crippen molar-refractivity contribution >= 4 is 41.3 Å². The minimum Gasteiger partial charge on any atom is -0.459 e. The summed E-state index contributed by atoms with van der Waals surface area (Å²) in [5.74, 6) is -6.82.